The van der Waals surface area contributed by atoms with Gasteiger partial charge in [-0.1, -0.05) is 24.3 Å². The molecule has 0 saturated carbocycles. The third-order valence-corrected chi connectivity index (χ3v) is 3.19. The molecule has 0 aliphatic carbocycles. The lowest BCUT2D eigenvalue weighted by Gasteiger charge is -2.12. The molecule has 0 aliphatic heterocycles. The van der Waals surface area contributed by atoms with E-state index < -0.39 is 12.1 Å². The number of aliphatic hydroxyl groups is 1. The maximum absolute atomic E-state index is 11.6. The second kappa shape index (κ2) is 8.19. The minimum absolute atomic E-state index is 0.100. The Labute approximate surface area is 135 Å². The molecule has 2 N–H and O–H groups in total. The molecule has 1 atom stereocenters. The summed E-state index contributed by atoms with van der Waals surface area (Å²) in [5.41, 5.74) is 1.89. The van der Waals surface area contributed by atoms with E-state index >= 15 is 0 Å². The molecule has 5 heteroatoms. The van der Waals surface area contributed by atoms with Gasteiger partial charge in [0, 0.05) is 6.42 Å². The number of phenols is 1. The van der Waals surface area contributed by atoms with Gasteiger partial charge in [0.1, 0.15) is 18.1 Å². The van der Waals surface area contributed by atoms with E-state index in [1.165, 1.54) is 0 Å². The van der Waals surface area contributed by atoms with Crippen molar-refractivity contribution in [3.63, 3.8) is 0 Å². The number of aryl methyl sites for hydroxylation is 1. The van der Waals surface area contributed by atoms with Crippen molar-refractivity contribution in [3.8, 4) is 11.5 Å². The lowest BCUT2D eigenvalue weighted by atomic mass is 10.1. The molecule has 0 bridgehead atoms. The molecule has 2 aromatic rings. The fourth-order valence-corrected chi connectivity index (χ4v) is 2.04. The van der Waals surface area contributed by atoms with Gasteiger partial charge in [0.15, 0.2) is 6.61 Å². The van der Waals surface area contributed by atoms with E-state index in [1.54, 1.807) is 30.3 Å². The van der Waals surface area contributed by atoms with Crippen molar-refractivity contribution < 1.29 is 24.5 Å². The van der Waals surface area contributed by atoms with Crippen molar-refractivity contribution in [1.82, 2.24) is 0 Å². The number of esters is 1. The highest BCUT2D eigenvalue weighted by atomic mass is 16.6. The van der Waals surface area contributed by atoms with Gasteiger partial charge in [-0.05, 0) is 42.3 Å². The largest absolute Gasteiger partial charge is 0.508 e. The van der Waals surface area contributed by atoms with Gasteiger partial charge in [0.25, 0.3) is 0 Å². The van der Waals surface area contributed by atoms with E-state index in [9.17, 15) is 15.0 Å². The standard InChI is InChI=1S/C18H20O5/c1-13-3-2-4-17(9-13)22-12-18(21)23-11-16(20)10-14-5-7-15(19)8-6-14/h2-9,16,19-20H,10-12H2,1H3/t16-/m1/s1. The SMILES string of the molecule is Cc1cccc(OCC(=O)OC[C@H](O)Cc2ccc(O)cc2)c1. The van der Waals surface area contributed by atoms with Crippen LogP contribution in [0.5, 0.6) is 11.5 Å². The highest BCUT2D eigenvalue weighted by Gasteiger charge is 2.10. The summed E-state index contributed by atoms with van der Waals surface area (Å²) in [5.74, 6) is 0.241. The van der Waals surface area contributed by atoms with E-state index in [0.717, 1.165) is 11.1 Å². The van der Waals surface area contributed by atoms with Crippen molar-refractivity contribution in [2.75, 3.05) is 13.2 Å². The van der Waals surface area contributed by atoms with Gasteiger partial charge >= 0.3 is 5.97 Å². The van der Waals surface area contributed by atoms with Crippen molar-refractivity contribution in [2.45, 2.75) is 19.4 Å². The number of phenolic OH excluding ortho intramolecular Hbond substituents is 1. The molecule has 0 amide bonds. The van der Waals surface area contributed by atoms with Crippen LogP contribution in [0.3, 0.4) is 0 Å². The summed E-state index contributed by atoms with van der Waals surface area (Å²) in [7, 11) is 0. The molecule has 0 unspecified atom stereocenters. The Hall–Kier alpha value is -2.53. The van der Waals surface area contributed by atoms with Gasteiger partial charge in [-0.2, -0.15) is 0 Å². The quantitative estimate of drug-likeness (QED) is 0.766. The van der Waals surface area contributed by atoms with Gasteiger partial charge in [-0.15, -0.1) is 0 Å². The highest BCUT2D eigenvalue weighted by Crippen LogP contribution is 2.13. The molecule has 2 aromatic carbocycles. The van der Waals surface area contributed by atoms with Crippen molar-refractivity contribution in [2.24, 2.45) is 0 Å². The van der Waals surface area contributed by atoms with Crippen LogP contribution in [0.15, 0.2) is 48.5 Å². The molecule has 0 saturated heterocycles. The zero-order valence-electron chi connectivity index (χ0n) is 12.9. The van der Waals surface area contributed by atoms with Crippen LogP contribution in [0.4, 0.5) is 0 Å². The Morgan fingerprint density at radius 1 is 1.17 bits per heavy atom. The Kier molecular flexibility index (Phi) is 6.00. The summed E-state index contributed by atoms with van der Waals surface area (Å²) in [6, 6.07) is 13.9. The average Bonchev–Trinajstić information content (AvgIpc) is 2.53. The zero-order valence-corrected chi connectivity index (χ0v) is 12.9. The Morgan fingerprint density at radius 3 is 2.61 bits per heavy atom. The van der Waals surface area contributed by atoms with Crippen molar-refractivity contribution in [3.05, 3.63) is 59.7 Å². The van der Waals surface area contributed by atoms with Gasteiger partial charge in [-0.25, -0.2) is 4.79 Å². The fraction of sp³-hybridized carbons (Fsp3) is 0.278. The number of rotatable bonds is 7. The maximum Gasteiger partial charge on any atom is 0.344 e. The van der Waals surface area contributed by atoms with Gasteiger partial charge in [0.2, 0.25) is 0 Å². The number of benzene rings is 2. The monoisotopic (exact) mass is 316 g/mol. The number of aromatic hydroxyl groups is 1. The first-order valence-corrected chi connectivity index (χ1v) is 7.34. The first kappa shape index (κ1) is 16.8. The van der Waals surface area contributed by atoms with Gasteiger partial charge in [0.05, 0.1) is 6.10 Å². The summed E-state index contributed by atoms with van der Waals surface area (Å²) in [5, 5.41) is 19.1. The molecule has 2 rings (SSSR count). The van der Waals surface area contributed by atoms with E-state index in [-0.39, 0.29) is 19.0 Å². The van der Waals surface area contributed by atoms with Crippen LogP contribution < -0.4 is 4.74 Å². The Balaban J connectivity index is 1.70. The minimum Gasteiger partial charge on any atom is -0.508 e. The normalized spacial score (nSPS) is 11.7. The topological polar surface area (TPSA) is 76.0 Å². The maximum atomic E-state index is 11.6. The molecule has 0 aromatic heterocycles. The number of carbonyl (C=O) groups excluding carboxylic acids is 1. The Morgan fingerprint density at radius 2 is 1.91 bits per heavy atom. The fourth-order valence-electron chi connectivity index (χ4n) is 2.04. The molecule has 5 nitrogen and oxygen atoms in total. The molecule has 23 heavy (non-hydrogen) atoms. The third-order valence-electron chi connectivity index (χ3n) is 3.19. The number of carbonyl (C=O) groups is 1. The van der Waals surface area contributed by atoms with E-state index in [0.29, 0.717) is 12.2 Å². The Bertz CT molecular complexity index is 636. The summed E-state index contributed by atoms with van der Waals surface area (Å²) in [4.78, 5) is 11.6. The van der Waals surface area contributed by atoms with Gasteiger partial charge in [-0.3, -0.25) is 0 Å². The first-order valence-electron chi connectivity index (χ1n) is 7.34. The van der Waals surface area contributed by atoms with Crippen LogP contribution in [0.2, 0.25) is 0 Å². The number of hydrogen-bond donors (Lipinski definition) is 2. The lowest BCUT2D eigenvalue weighted by molar-refractivity contribution is -0.148. The third kappa shape index (κ3) is 6.00. The smallest absolute Gasteiger partial charge is 0.344 e. The van der Waals surface area contributed by atoms with Crippen LogP contribution in [-0.2, 0) is 16.0 Å². The van der Waals surface area contributed by atoms with E-state index in [4.69, 9.17) is 9.47 Å². The number of ether oxygens (including phenoxy) is 2. The predicted octanol–water partition coefficient (Wildman–Crippen LogP) is 2.23. The molecule has 0 radical (unpaired) electrons. The van der Waals surface area contributed by atoms with Crippen LogP contribution >= 0.6 is 0 Å². The van der Waals surface area contributed by atoms with Crippen molar-refractivity contribution >= 4 is 5.97 Å². The number of hydrogen-bond acceptors (Lipinski definition) is 5. The predicted molar refractivity (Wildman–Crippen MR) is 85.5 cm³/mol. The second-order valence-corrected chi connectivity index (χ2v) is 5.31. The molecule has 0 spiro atoms. The zero-order chi connectivity index (χ0) is 16.7. The molecule has 0 aliphatic rings. The average molecular weight is 316 g/mol. The lowest BCUT2D eigenvalue weighted by Crippen LogP contribution is -2.23. The van der Waals surface area contributed by atoms with Crippen LogP contribution in [0.25, 0.3) is 0 Å². The van der Waals surface area contributed by atoms with Crippen LogP contribution in [-0.4, -0.2) is 35.5 Å². The molecular formula is C18H20O5. The summed E-state index contributed by atoms with van der Waals surface area (Å²) in [6.07, 6.45) is -0.464. The number of aliphatic hydroxyl groups excluding tert-OH is 1. The van der Waals surface area contributed by atoms with E-state index in [2.05, 4.69) is 0 Å². The second-order valence-electron chi connectivity index (χ2n) is 5.31. The molecular weight excluding hydrogens is 296 g/mol. The molecule has 122 valence electrons. The van der Waals surface area contributed by atoms with E-state index in [1.807, 2.05) is 25.1 Å². The first-order chi connectivity index (χ1) is 11.0. The molecule has 0 heterocycles. The van der Waals surface area contributed by atoms with Gasteiger partial charge < -0.3 is 19.7 Å². The summed E-state index contributed by atoms with van der Waals surface area (Å²) >= 11 is 0. The minimum atomic E-state index is -0.803. The summed E-state index contributed by atoms with van der Waals surface area (Å²) < 4.78 is 10.3. The van der Waals surface area contributed by atoms with Crippen LogP contribution in [0.1, 0.15) is 11.1 Å². The summed E-state index contributed by atoms with van der Waals surface area (Å²) in [6.45, 7) is 1.64. The highest BCUT2D eigenvalue weighted by molar-refractivity contribution is 5.71. The van der Waals surface area contributed by atoms with Crippen molar-refractivity contribution in [1.29, 1.82) is 0 Å². The van der Waals surface area contributed by atoms with Crippen LogP contribution in [0, 0.1) is 6.92 Å². The molecule has 0 fully saturated rings.